The lowest BCUT2D eigenvalue weighted by atomic mass is 10.1. The van der Waals surface area contributed by atoms with E-state index in [-0.39, 0.29) is 5.91 Å². The van der Waals surface area contributed by atoms with Gasteiger partial charge in [0.25, 0.3) is 5.91 Å². The van der Waals surface area contributed by atoms with Gasteiger partial charge in [-0.25, -0.2) is 4.39 Å². The van der Waals surface area contributed by atoms with Crippen molar-refractivity contribution in [1.29, 1.82) is 0 Å². The lowest BCUT2D eigenvalue weighted by Crippen LogP contribution is -2.42. The number of fused-ring (bicyclic) bond motifs is 1. The van der Waals surface area contributed by atoms with Crippen LogP contribution in [0.4, 0.5) is 15.8 Å². The SMILES string of the molecule is CN1CCN(C(=O)c2ccc(Br)c(F)c2)c2ccccc21. The van der Waals surface area contributed by atoms with E-state index in [0.717, 1.165) is 17.9 Å². The Labute approximate surface area is 131 Å². The summed E-state index contributed by atoms with van der Waals surface area (Å²) in [5, 5.41) is 0. The Morgan fingerprint density at radius 2 is 1.86 bits per heavy atom. The summed E-state index contributed by atoms with van der Waals surface area (Å²) in [5.41, 5.74) is 2.23. The molecule has 108 valence electrons. The topological polar surface area (TPSA) is 23.6 Å². The van der Waals surface area contributed by atoms with E-state index in [2.05, 4.69) is 20.8 Å². The number of hydrogen-bond acceptors (Lipinski definition) is 2. The second-order valence-corrected chi connectivity index (χ2v) is 5.85. The maximum Gasteiger partial charge on any atom is 0.258 e. The van der Waals surface area contributed by atoms with Gasteiger partial charge < -0.3 is 9.80 Å². The normalized spacial score (nSPS) is 14.0. The molecule has 2 aromatic carbocycles. The van der Waals surface area contributed by atoms with Gasteiger partial charge >= 0.3 is 0 Å². The number of likely N-dealkylation sites (N-methyl/N-ethyl adjacent to an activating group) is 1. The average Bonchev–Trinajstić information content (AvgIpc) is 2.50. The van der Waals surface area contributed by atoms with Crippen LogP contribution in [0.15, 0.2) is 46.9 Å². The van der Waals surface area contributed by atoms with Gasteiger partial charge in [-0.1, -0.05) is 12.1 Å². The first-order chi connectivity index (χ1) is 10.1. The molecular formula is C16H14BrFN2O. The van der Waals surface area contributed by atoms with Crippen LogP contribution in [0, 0.1) is 5.82 Å². The minimum Gasteiger partial charge on any atom is -0.371 e. The van der Waals surface area contributed by atoms with Gasteiger partial charge in [-0.3, -0.25) is 4.79 Å². The fourth-order valence-corrected chi connectivity index (χ4v) is 2.75. The molecule has 0 aliphatic carbocycles. The molecule has 3 nitrogen and oxygen atoms in total. The number of halogens is 2. The first kappa shape index (κ1) is 14.1. The van der Waals surface area contributed by atoms with E-state index in [1.165, 1.54) is 6.07 Å². The van der Waals surface area contributed by atoms with Crippen LogP contribution in [-0.2, 0) is 0 Å². The number of rotatable bonds is 1. The van der Waals surface area contributed by atoms with Crippen molar-refractivity contribution in [3.8, 4) is 0 Å². The first-order valence-electron chi connectivity index (χ1n) is 6.65. The molecule has 0 N–H and O–H groups in total. The van der Waals surface area contributed by atoms with E-state index in [0.29, 0.717) is 16.6 Å². The van der Waals surface area contributed by atoms with Crippen molar-refractivity contribution in [1.82, 2.24) is 0 Å². The van der Waals surface area contributed by atoms with E-state index in [1.807, 2.05) is 31.3 Å². The molecule has 0 saturated carbocycles. The van der Waals surface area contributed by atoms with Crippen LogP contribution in [0.5, 0.6) is 0 Å². The molecule has 3 rings (SSSR count). The molecule has 1 aliphatic heterocycles. The molecule has 0 fully saturated rings. The fraction of sp³-hybridized carbons (Fsp3) is 0.188. The smallest absolute Gasteiger partial charge is 0.258 e. The fourth-order valence-electron chi connectivity index (χ4n) is 2.50. The van der Waals surface area contributed by atoms with Crippen molar-refractivity contribution in [3.63, 3.8) is 0 Å². The lowest BCUT2D eigenvalue weighted by Gasteiger charge is -2.35. The summed E-state index contributed by atoms with van der Waals surface area (Å²) >= 11 is 3.10. The van der Waals surface area contributed by atoms with Gasteiger partial charge in [0.1, 0.15) is 5.82 Å². The quantitative estimate of drug-likeness (QED) is 0.784. The van der Waals surface area contributed by atoms with Gasteiger partial charge in [0, 0.05) is 25.7 Å². The summed E-state index contributed by atoms with van der Waals surface area (Å²) in [6.07, 6.45) is 0. The van der Waals surface area contributed by atoms with Crippen LogP contribution >= 0.6 is 15.9 Å². The molecule has 0 unspecified atom stereocenters. The highest BCUT2D eigenvalue weighted by atomic mass is 79.9. The maximum absolute atomic E-state index is 13.6. The van der Waals surface area contributed by atoms with Crippen molar-refractivity contribution in [3.05, 3.63) is 58.3 Å². The summed E-state index contributed by atoms with van der Waals surface area (Å²) in [7, 11) is 2.00. The molecule has 0 radical (unpaired) electrons. The Bertz CT molecular complexity index is 704. The number of anilines is 2. The van der Waals surface area contributed by atoms with E-state index in [9.17, 15) is 9.18 Å². The van der Waals surface area contributed by atoms with Crippen LogP contribution in [0.2, 0.25) is 0 Å². The Morgan fingerprint density at radius 3 is 2.57 bits per heavy atom. The van der Waals surface area contributed by atoms with E-state index in [4.69, 9.17) is 0 Å². The molecule has 0 spiro atoms. The predicted octanol–water partition coefficient (Wildman–Crippen LogP) is 3.68. The number of carbonyl (C=O) groups excluding carboxylic acids is 1. The number of benzene rings is 2. The van der Waals surface area contributed by atoms with E-state index in [1.54, 1.807) is 17.0 Å². The third-order valence-corrected chi connectivity index (χ3v) is 4.30. The minimum absolute atomic E-state index is 0.179. The second kappa shape index (κ2) is 5.48. The van der Waals surface area contributed by atoms with Crippen molar-refractivity contribution in [2.45, 2.75) is 0 Å². The standard InChI is InChI=1S/C16H14BrFN2O/c1-19-8-9-20(15-5-3-2-4-14(15)19)16(21)11-6-7-12(17)13(18)10-11/h2-7,10H,8-9H2,1H3. The van der Waals surface area contributed by atoms with Gasteiger partial charge in [-0.15, -0.1) is 0 Å². The third-order valence-electron chi connectivity index (χ3n) is 3.65. The Morgan fingerprint density at radius 1 is 1.14 bits per heavy atom. The molecule has 0 bridgehead atoms. The molecule has 1 heterocycles. The molecule has 1 aliphatic rings. The molecule has 0 saturated heterocycles. The highest BCUT2D eigenvalue weighted by Crippen LogP contribution is 2.32. The third kappa shape index (κ3) is 2.53. The second-order valence-electron chi connectivity index (χ2n) is 5.00. The van der Waals surface area contributed by atoms with Crippen LogP contribution in [0.1, 0.15) is 10.4 Å². The molecule has 0 aromatic heterocycles. The Kier molecular flexibility index (Phi) is 3.68. The van der Waals surface area contributed by atoms with Gasteiger partial charge in [-0.05, 0) is 46.3 Å². The van der Waals surface area contributed by atoms with Crippen LogP contribution in [0.25, 0.3) is 0 Å². The summed E-state index contributed by atoms with van der Waals surface area (Å²) in [5.74, 6) is -0.606. The van der Waals surface area contributed by atoms with Crippen molar-refractivity contribution < 1.29 is 9.18 Å². The molecule has 21 heavy (non-hydrogen) atoms. The number of para-hydroxylation sites is 2. The number of amides is 1. The molecule has 1 amide bonds. The number of carbonyl (C=O) groups is 1. The highest BCUT2D eigenvalue weighted by molar-refractivity contribution is 9.10. The van der Waals surface area contributed by atoms with Crippen molar-refractivity contribution in [2.24, 2.45) is 0 Å². The summed E-state index contributed by atoms with van der Waals surface area (Å²) in [4.78, 5) is 16.5. The van der Waals surface area contributed by atoms with E-state index < -0.39 is 5.82 Å². The lowest BCUT2D eigenvalue weighted by molar-refractivity contribution is 0.0986. The van der Waals surface area contributed by atoms with Gasteiger partial charge in [0.2, 0.25) is 0 Å². The molecule has 0 atom stereocenters. The predicted molar refractivity (Wildman–Crippen MR) is 85.5 cm³/mol. The van der Waals surface area contributed by atoms with Crippen molar-refractivity contribution in [2.75, 3.05) is 29.9 Å². The van der Waals surface area contributed by atoms with Gasteiger partial charge in [-0.2, -0.15) is 0 Å². The molecule has 2 aromatic rings. The maximum atomic E-state index is 13.6. The summed E-state index contributed by atoms with van der Waals surface area (Å²) in [6.45, 7) is 1.34. The number of hydrogen-bond donors (Lipinski definition) is 0. The highest BCUT2D eigenvalue weighted by Gasteiger charge is 2.25. The van der Waals surface area contributed by atoms with Crippen LogP contribution in [0.3, 0.4) is 0 Å². The Balaban J connectivity index is 1.99. The summed E-state index contributed by atoms with van der Waals surface area (Å²) in [6, 6.07) is 12.2. The summed E-state index contributed by atoms with van der Waals surface area (Å²) < 4.78 is 14.0. The number of nitrogens with zero attached hydrogens (tertiary/aromatic N) is 2. The first-order valence-corrected chi connectivity index (χ1v) is 7.44. The largest absolute Gasteiger partial charge is 0.371 e. The zero-order valence-corrected chi connectivity index (χ0v) is 13.1. The molecular weight excluding hydrogens is 335 g/mol. The monoisotopic (exact) mass is 348 g/mol. The zero-order valence-electron chi connectivity index (χ0n) is 11.5. The zero-order chi connectivity index (χ0) is 15.0. The van der Waals surface area contributed by atoms with Crippen LogP contribution in [-0.4, -0.2) is 26.0 Å². The Hall–Kier alpha value is -1.88. The van der Waals surface area contributed by atoms with Crippen molar-refractivity contribution >= 4 is 33.2 Å². The van der Waals surface area contributed by atoms with Gasteiger partial charge in [0.05, 0.1) is 15.8 Å². The average molecular weight is 349 g/mol. The molecule has 5 heteroatoms. The minimum atomic E-state index is -0.428. The van der Waals surface area contributed by atoms with Crippen LogP contribution < -0.4 is 9.80 Å². The van der Waals surface area contributed by atoms with E-state index >= 15 is 0 Å². The van der Waals surface area contributed by atoms with Gasteiger partial charge in [0.15, 0.2) is 0 Å².